The molecule has 1 fully saturated rings. The molecule has 2 aliphatic heterocycles. The molecule has 18 heteroatoms. The molecule has 14 nitrogen and oxygen atoms in total. The summed E-state index contributed by atoms with van der Waals surface area (Å²) >= 11 is 2.85. The number of carbonyl (C=O) groups is 2. The monoisotopic (exact) mass is 841 g/mol. The number of aromatic nitrogens is 4. The van der Waals surface area contributed by atoms with Crippen molar-refractivity contribution < 1.29 is 27.1 Å². The van der Waals surface area contributed by atoms with Crippen LogP contribution >= 0.6 is 23.1 Å². The number of thioether (sulfide) groups is 1. The Labute approximate surface area is 342 Å². The van der Waals surface area contributed by atoms with Crippen molar-refractivity contribution in [1.82, 2.24) is 29.0 Å². The van der Waals surface area contributed by atoms with Crippen molar-refractivity contribution in [1.29, 1.82) is 0 Å². The Morgan fingerprint density at radius 1 is 1.00 bits per heavy atom. The molecule has 3 aromatic heterocycles. The third kappa shape index (κ3) is 9.32. The number of hydrogen-bond donors (Lipinski definition) is 3. The fourth-order valence-electron chi connectivity index (χ4n) is 6.86. The summed E-state index contributed by atoms with van der Waals surface area (Å²) < 4.78 is 51.6. The van der Waals surface area contributed by atoms with E-state index >= 15 is 4.39 Å². The van der Waals surface area contributed by atoms with E-state index in [4.69, 9.17) is 4.74 Å². The summed E-state index contributed by atoms with van der Waals surface area (Å²) in [6.07, 6.45) is 8.05. The Morgan fingerprint density at radius 2 is 1.84 bits per heavy atom. The second-order valence-corrected chi connectivity index (χ2v) is 17.4. The summed E-state index contributed by atoms with van der Waals surface area (Å²) in [6, 6.07) is 19.0. The standard InChI is InChI=1S/C40H40FN9O5S3/c41-33-21-30(9-10-34(33)43-28(12-14-48-17-19-55-20-18-48)25-56-29-6-2-1-3-7-29)58(53,54)47-39(52)35-26-57-40(44-35)50-15-11-27-5-4-8-31(32(27)23-50)38(51)46-36-24-49-16-13-42-22-37(49)45-36/h1-10,13,16,21-22,24,26,28,43H,11-12,14-15,17-20,23,25H2,(H,46,51)(H,47,52)/t28-/m1/s1. The molecule has 0 spiro atoms. The van der Waals surface area contributed by atoms with Crippen LogP contribution in [0.4, 0.5) is 21.0 Å². The molecule has 300 valence electrons. The average molecular weight is 842 g/mol. The summed E-state index contributed by atoms with van der Waals surface area (Å²) in [5, 5.41) is 8.13. The maximum absolute atomic E-state index is 15.6. The molecule has 0 saturated carbocycles. The molecule has 0 unspecified atom stereocenters. The first-order chi connectivity index (χ1) is 28.2. The van der Waals surface area contributed by atoms with Gasteiger partial charge in [0.2, 0.25) is 0 Å². The van der Waals surface area contributed by atoms with Crippen molar-refractivity contribution in [2.24, 2.45) is 0 Å². The van der Waals surface area contributed by atoms with Crippen molar-refractivity contribution in [3.8, 4) is 0 Å². The lowest BCUT2D eigenvalue weighted by atomic mass is 9.94. The van der Waals surface area contributed by atoms with E-state index in [0.717, 1.165) is 48.1 Å². The minimum absolute atomic E-state index is 0.0977. The first-order valence-electron chi connectivity index (χ1n) is 18.7. The molecule has 2 aliphatic rings. The first kappa shape index (κ1) is 39.4. The van der Waals surface area contributed by atoms with Gasteiger partial charge >= 0.3 is 0 Å². The zero-order chi connectivity index (χ0) is 40.1. The summed E-state index contributed by atoms with van der Waals surface area (Å²) in [4.78, 5) is 44.6. The van der Waals surface area contributed by atoms with Crippen molar-refractivity contribution in [3.05, 3.63) is 125 Å². The minimum atomic E-state index is -4.45. The second kappa shape index (κ2) is 17.6. The molecule has 2 amide bonds. The lowest BCUT2D eigenvalue weighted by Crippen LogP contribution is -2.39. The Morgan fingerprint density at radius 3 is 2.66 bits per heavy atom. The lowest BCUT2D eigenvalue weighted by molar-refractivity contribution is 0.0370. The van der Waals surface area contributed by atoms with Gasteiger partial charge in [0.15, 0.2) is 16.6 Å². The van der Waals surface area contributed by atoms with Gasteiger partial charge in [-0.05, 0) is 60.4 Å². The van der Waals surface area contributed by atoms with Crippen LogP contribution in [0.1, 0.15) is 38.4 Å². The van der Waals surface area contributed by atoms with E-state index in [1.165, 1.54) is 28.8 Å². The number of morpholine rings is 1. The number of thiazole rings is 1. The number of rotatable bonds is 14. The molecule has 58 heavy (non-hydrogen) atoms. The predicted molar refractivity (Wildman–Crippen MR) is 222 cm³/mol. The number of imidazole rings is 1. The van der Waals surface area contributed by atoms with E-state index in [0.29, 0.717) is 60.6 Å². The van der Waals surface area contributed by atoms with Gasteiger partial charge in [0, 0.05) is 72.8 Å². The van der Waals surface area contributed by atoms with Gasteiger partial charge in [0.25, 0.3) is 21.8 Å². The van der Waals surface area contributed by atoms with Crippen LogP contribution in [0.3, 0.4) is 0 Å². The minimum Gasteiger partial charge on any atom is -0.379 e. The number of nitrogens with one attached hydrogen (secondary N) is 3. The first-order valence-corrected chi connectivity index (χ1v) is 22.1. The number of sulfonamides is 1. The number of hydrogen-bond acceptors (Lipinski definition) is 13. The largest absolute Gasteiger partial charge is 0.379 e. The highest BCUT2D eigenvalue weighted by Crippen LogP contribution is 2.30. The van der Waals surface area contributed by atoms with Crippen LogP contribution < -0.4 is 20.3 Å². The van der Waals surface area contributed by atoms with Crippen molar-refractivity contribution in [3.63, 3.8) is 0 Å². The molecule has 8 rings (SSSR count). The van der Waals surface area contributed by atoms with Crippen LogP contribution in [0, 0.1) is 5.82 Å². The zero-order valence-corrected chi connectivity index (χ0v) is 33.7. The summed E-state index contributed by atoms with van der Waals surface area (Å²) in [5.74, 6) is -0.942. The molecule has 1 saturated heterocycles. The van der Waals surface area contributed by atoms with E-state index in [2.05, 4.69) is 30.5 Å². The lowest BCUT2D eigenvalue weighted by Gasteiger charge is -2.29. The molecule has 6 aromatic rings. The van der Waals surface area contributed by atoms with Gasteiger partial charge in [-0.25, -0.2) is 27.5 Å². The van der Waals surface area contributed by atoms with Crippen LogP contribution in [0.5, 0.6) is 0 Å². The highest BCUT2D eigenvalue weighted by Gasteiger charge is 2.27. The molecular weight excluding hydrogens is 802 g/mol. The summed E-state index contributed by atoms with van der Waals surface area (Å²) in [5.41, 5.74) is 3.00. The van der Waals surface area contributed by atoms with Crippen LogP contribution in [0.2, 0.25) is 0 Å². The maximum atomic E-state index is 15.6. The number of fused-ring (bicyclic) bond motifs is 2. The highest BCUT2D eigenvalue weighted by atomic mass is 32.2. The van der Waals surface area contributed by atoms with Crippen LogP contribution in [-0.4, -0.2) is 95.7 Å². The third-order valence-electron chi connectivity index (χ3n) is 9.95. The average Bonchev–Trinajstić information content (AvgIpc) is 3.90. The Bertz CT molecular complexity index is 2500. The fourth-order valence-corrected chi connectivity index (χ4v) is 9.66. The predicted octanol–water partition coefficient (Wildman–Crippen LogP) is 5.55. The molecule has 0 aliphatic carbocycles. The Hall–Kier alpha value is -5.40. The molecule has 3 N–H and O–H groups in total. The molecular formula is C40H40FN9O5S3. The maximum Gasteiger partial charge on any atom is 0.284 e. The summed E-state index contributed by atoms with van der Waals surface area (Å²) in [7, 11) is -4.45. The molecule has 0 radical (unpaired) electrons. The van der Waals surface area contributed by atoms with Crippen LogP contribution in [-0.2, 0) is 27.7 Å². The molecule has 5 heterocycles. The summed E-state index contributed by atoms with van der Waals surface area (Å²) in [6.45, 7) is 4.77. The normalized spacial score (nSPS) is 15.2. The van der Waals surface area contributed by atoms with Gasteiger partial charge in [-0.2, -0.15) is 0 Å². The number of anilines is 3. The van der Waals surface area contributed by atoms with E-state index in [9.17, 15) is 18.0 Å². The van der Waals surface area contributed by atoms with E-state index < -0.39 is 21.7 Å². The fraction of sp³-hybridized carbons (Fsp3) is 0.275. The SMILES string of the molecule is O=C(NS(=O)(=O)c1ccc(N[C@H](CCN2CCOCC2)CSc2ccccc2)c(F)c1)c1csc(N2CCc3cccc(C(=O)Nc4cn5ccncc5n4)c3C2)n1. The Kier molecular flexibility index (Phi) is 12.0. The zero-order valence-electron chi connectivity index (χ0n) is 31.2. The number of carbonyl (C=O) groups excluding carboxylic acids is 2. The van der Waals surface area contributed by atoms with Gasteiger partial charge in [-0.15, -0.1) is 23.1 Å². The van der Waals surface area contributed by atoms with Gasteiger partial charge in [0.05, 0.1) is 36.2 Å². The smallest absolute Gasteiger partial charge is 0.284 e. The number of halogens is 1. The van der Waals surface area contributed by atoms with Gasteiger partial charge < -0.3 is 24.7 Å². The number of amides is 2. The quantitative estimate of drug-likeness (QED) is 0.117. The molecule has 1 atom stereocenters. The van der Waals surface area contributed by atoms with E-state index in [1.807, 2.05) is 52.1 Å². The van der Waals surface area contributed by atoms with E-state index in [1.54, 1.807) is 47.0 Å². The second-order valence-electron chi connectivity index (χ2n) is 13.8. The number of nitrogens with zero attached hydrogens (tertiary/aromatic N) is 6. The topological polar surface area (TPSA) is 163 Å². The Balaban J connectivity index is 0.906. The highest BCUT2D eigenvalue weighted by molar-refractivity contribution is 7.99. The van der Waals surface area contributed by atoms with Crippen molar-refractivity contribution >= 4 is 67.2 Å². The van der Waals surface area contributed by atoms with Gasteiger partial charge in [-0.1, -0.05) is 30.3 Å². The third-order valence-corrected chi connectivity index (χ3v) is 13.4. The van der Waals surface area contributed by atoms with Crippen molar-refractivity contribution in [2.75, 3.05) is 60.7 Å². The van der Waals surface area contributed by atoms with E-state index in [-0.39, 0.29) is 28.2 Å². The number of benzene rings is 3. The van der Waals surface area contributed by atoms with Gasteiger partial charge in [-0.3, -0.25) is 19.5 Å². The number of ether oxygens (including phenoxy) is 1. The van der Waals surface area contributed by atoms with Crippen LogP contribution in [0.25, 0.3) is 5.65 Å². The molecule has 0 bridgehead atoms. The van der Waals surface area contributed by atoms with Crippen LogP contribution in [0.15, 0.2) is 107 Å². The molecule has 3 aromatic carbocycles. The van der Waals surface area contributed by atoms with Crippen molar-refractivity contribution in [2.45, 2.75) is 35.2 Å². The van der Waals surface area contributed by atoms with Gasteiger partial charge in [0.1, 0.15) is 11.5 Å².